The van der Waals surface area contributed by atoms with Gasteiger partial charge in [-0.05, 0) is 43.4 Å². The first-order chi connectivity index (χ1) is 9.63. The van der Waals surface area contributed by atoms with Gasteiger partial charge in [0.2, 0.25) is 5.89 Å². The molecule has 3 rings (SSSR count). The predicted molar refractivity (Wildman–Crippen MR) is 77.6 cm³/mol. The first-order valence-corrected chi connectivity index (χ1v) is 7.22. The molecule has 2 aromatic rings. The largest absolute Gasteiger partial charge is 0.339 e. The average Bonchev–Trinajstić information content (AvgIpc) is 2.82. The van der Waals surface area contributed by atoms with Crippen molar-refractivity contribution in [2.24, 2.45) is 5.73 Å². The Labute approximate surface area is 119 Å². The maximum absolute atomic E-state index is 5.87. The van der Waals surface area contributed by atoms with Crippen LogP contribution in [0.3, 0.4) is 0 Å². The van der Waals surface area contributed by atoms with Gasteiger partial charge in [0.15, 0.2) is 5.82 Å². The van der Waals surface area contributed by atoms with Crippen molar-refractivity contribution >= 4 is 0 Å². The molecule has 0 bridgehead atoms. The molecule has 0 atom stereocenters. The van der Waals surface area contributed by atoms with Crippen LogP contribution >= 0.6 is 0 Å². The molecule has 1 aliphatic carbocycles. The lowest BCUT2D eigenvalue weighted by atomic mass is 9.69. The van der Waals surface area contributed by atoms with Crippen LogP contribution in [0.4, 0.5) is 0 Å². The number of nitrogens with two attached hydrogens (primary N) is 1. The minimum absolute atomic E-state index is 0.0472. The van der Waals surface area contributed by atoms with Gasteiger partial charge in [-0.1, -0.05) is 29.8 Å². The average molecular weight is 271 g/mol. The zero-order valence-corrected chi connectivity index (χ0v) is 12.1. The zero-order chi connectivity index (χ0) is 14.2. The van der Waals surface area contributed by atoms with E-state index in [4.69, 9.17) is 10.3 Å². The van der Waals surface area contributed by atoms with Crippen LogP contribution in [0, 0.1) is 13.8 Å². The van der Waals surface area contributed by atoms with E-state index in [0.29, 0.717) is 13.0 Å². The van der Waals surface area contributed by atoms with Crippen molar-refractivity contribution in [1.82, 2.24) is 10.1 Å². The number of benzene rings is 1. The molecule has 1 aliphatic rings. The molecule has 0 radical (unpaired) electrons. The molecular weight excluding hydrogens is 250 g/mol. The van der Waals surface area contributed by atoms with Gasteiger partial charge >= 0.3 is 0 Å². The van der Waals surface area contributed by atoms with Crippen molar-refractivity contribution in [2.75, 3.05) is 6.54 Å². The first kappa shape index (κ1) is 13.3. The highest BCUT2D eigenvalue weighted by Gasteiger charge is 2.42. The van der Waals surface area contributed by atoms with E-state index in [0.717, 1.165) is 24.6 Å². The minimum atomic E-state index is -0.0472. The van der Waals surface area contributed by atoms with Crippen LogP contribution in [0.15, 0.2) is 22.7 Å². The molecule has 1 aromatic carbocycles. The number of hydrogen-bond acceptors (Lipinski definition) is 4. The second kappa shape index (κ2) is 5.02. The van der Waals surface area contributed by atoms with Gasteiger partial charge in [-0.3, -0.25) is 0 Å². The van der Waals surface area contributed by atoms with E-state index in [9.17, 15) is 0 Å². The third kappa shape index (κ3) is 2.24. The molecule has 0 aliphatic heterocycles. The van der Waals surface area contributed by atoms with Gasteiger partial charge in [0.05, 0.1) is 5.41 Å². The topological polar surface area (TPSA) is 64.9 Å². The van der Waals surface area contributed by atoms with Crippen LogP contribution in [0.1, 0.15) is 47.7 Å². The van der Waals surface area contributed by atoms with Crippen LogP contribution in [0.5, 0.6) is 0 Å². The lowest BCUT2D eigenvalue weighted by molar-refractivity contribution is 0.181. The van der Waals surface area contributed by atoms with E-state index in [1.165, 1.54) is 23.1 Å². The van der Waals surface area contributed by atoms with Gasteiger partial charge in [-0.15, -0.1) is 0 Å². The molecule has 0 unspecified atom stereocenters. The Morgan fingerprint density at radius 1 is 1.25 bits per heavy atom. The molecule has 0 amide bonds. The zero-order valence-electron chi connectivity index (χ0n) is 12.1. The van der Waals surface area contributed by atoms with Crippen LogP contribution in [0.25, 0.3) is 0 Å². The third-order valence-corrected chi connectivity index (χ3v) is 4.56. The summed E-state index contributed by atoms with van der Waals surface area (Å²) >= 11 is 0. The summed E-state index contributed by atoms with van der Waals surface area (Å²) in [6, 6.07) is 6.45. The fourth-order valence-corrected chi connectivity index (χ4v) is 2.75. The van der Waals surface area contributed by atoms with Crippen LogP contribution in [0.2, 0.25) is 0 Å². The Morgan fingerprint density at radius 2 is 2.05 bits per heavy atom. The highest BCUT2D eigenvalue weighted by Crippen LogP contribution is 2.41. The Morgan fingerprint density at radius 3 is 2.65 bits per heavy atom. The van der Waals surface area contributed by atoms with Crippen LogP contribution < -0.4 is 5.73 Å². The maximum atomic E-state index is 5.87. The van der Waals surface area contributed by atoms with Crippen molar-refractivity contribution in [2.45, 2.75) is 44.9 Å². The fraction of sp³-hybridized carbons (Fsp3) is 0.500. The summed E-state index contributed by atoms with van der Waals surface area (Å²) in [5.41, 5.74) is 9.64. The highest BCUT2D eigenvalue weighted by atomic mass is 16.5. The Hall–Kier alpha value is -1.68. The smallest absolute Gasteiger partial charge is 0.234 e. The summed E-state index contributed by atoms with van der Waals surface area (Å²) in [6.07, 6.45) is 4.04. The van der Waals surface area contributed by atoms with Gasteiger partial charge < -0.3 is 10.3 Å². The fourth-order valence-electron chi connectivity index (χ4n) is 2.75. The van der Waals surface area contributed by atoms with Crippen molar-refractivity contribution in [3.63, 3.8) is 0 Å². The van der Waals surface area contributed by atoms with Gasteiger partial charge in [-0.25, -0.2) is 0 Å². The molecule has 2 N–H and O–H groups in total. The SMILES string of the molecule is Cc1ccc(Cc2noc(C3(CN)CCC3)n2)cc1C. The Balaban J connectivity index is 1.78. The molecule has 106 valence electrons. The summed E-state index contributed by atoms with van der Waals surface area (Å²) < 4.78 is 5.45. The molecular formula is C16H21N3O. The monoisotopic (exact) mass is 271 g/mol. The van der Waals surface area contributed by atoms with Crippen LogP contribution in [-0.2, 0) is 11.8 Å². The lowest BCUT2D eigenvalue weighted by Crippen LogP contribution is -2.41. The van der Waals surface area contributed by atoms with Crippen molar-refractivity contribution in [3.05, 3.63) is 46.6 Å². The van der Waals surface area contributed by atoms with E-state index in [2.05, 4.69) is 42.2 Å². The molecule has 1 saturated carbocycles. The molecule has 1 fully saturated rings. The molecule has 1 heterocycles. The molecule has 4 nitrogen and oxygen atoms in total. The van der Waals surface area contributed by atoms with Crippen LogP contribution in [-0.4, -0.2) is 16.7 Å². The van der Waals surface area contributed by atoms with E-state index in [-0.39, 0.29) is 5.41 Å². The lowest BCUT2D eigenvalue weighted by Gasteiger charge is -2.36. The number of hydrogen-bond donors (Lipinski definition) is 1. The summed E-state index contributed by atoms with van der Waals surface area (Å²) in [7, 11) is 0. The van der Waals surface area contributed by atoms with Crippen molar-refractivity contribution in [1.29, 1.82) is 0 Å². The predicted octanol–water partition coefficient (Wildman–Crippen LogP) is 2.66. The maximum Gasteiger partial charge on any atom is 0.234 e. The minimum Gasteiger partial charge on any atom is -0.339 e. The molecule has 4 heteroatoms. The summed E-state index contributed by atoms with van der Waals surface area (Å²) in [4.78, 5) is 4.56. The van der Waals surface area contributed by atoms with Gasteiger partial charge in [0.1, 0.15) is 0 Å². The normalized spacial score (nSPS) is 16.9. The standard InChI is InChI=1S/C16H21N3O/c1-11-4-5-13(8-12(11)2)9-14-18-15(20-19-14)16(10-17)6-3-7-16/h4-5,8H,3,6-7,9-10,17H2,1-2H3. The Bertz CT molecular complexity index is 608. The third-order valence-electron chi connectivity index (χ3n) is 4.56. The number of rotatable bonds is 4. The van der Waals surface area contributed by atoms with E-state index in [1.54, 1.807) is 0 Å². The highest BCUT2D eigenvalue weighted by molar-refractivity contribution is 5.31. The number of nitrogens with zero attached hydrogens (tertiary/aromatic N) is 2. The van der Waals surface area contributed by atoms with E-state index < -0.39 is 0 Å². The summed E-state index contributed by atoms with van der Waals surface area (Å²) in [6.45, 7) is 4.84. The summed E-state index contributed by atoms with van der Waals surface area (Å²) in [5.74, 6) is 1.48. The van der Waals surface area contributed by atoms with Crippen molar-refractivity contribution < 1.29 is 4.52 Å². The Kier molecular flexibility index (Phi) is 3.34. The second-order valence-corrected chi connectivity index (χ2v) is 5.95. The molecule has 0 spiro atoms. The van der Waals surface area contributed by atoms with Gasteiger partial charge in [0, 0.05) is 13.0 Å². The second-order valence-electron chi connectivity index (χ2n) is 5.95. The number of aryl methyl sites for hydroxylation is 2. The van der Waals surface area contributed by atoms with Crippen molar-refractivity contribution in [3.8, 4) is 0 Å². The van der Waals surface area contributed by atoms with E-state index in [1.807, 2.05) is 0 Å². The van der Waals surface area contributed by atoms with Gasteiger partial charge in [-0.2, -0.15) is 4.98 Å². The summed E-state index contributed by atoms with van der Waals surface area (Å²) in [5, 5.41) is 4.12. The quantitative estimate of drug-likeness (QED) is 0.928. The molecule has 20 heavy (non-hydrogen) atoms. The molecule has 0 saturated heterocycles. The number of aromatic nitrogens is 2. The van der Waals surface area contributed by atoms with Gasteiger partial charge in [0.25, 0.3) is 0 Å². The van der Waals surface area contributed by atoms with E-state index >= 15 is 0 Å². The molecule has 1 aromatic heterocycles. The first-order valence-electron chi connectivity index (χ1n) is 7.22.